The normalized spacial score (nSPS) is 11.0. The minimum Gasteiger partial charge on any atom is -0.298 e. The minimum atomic E-state index is -3.38. The Morgan fingerprint density at radius 2 is 1.96 bits per heavy atom. The van der Waals surface area contributed by atoms with E-state index < -0.39 is 15.7 Å². The molecule has 1 amide bonds. The van der Waals surface area contributed by atoms with E-state index in [9.17, 15) is 13.2 Å². The quantitative estimate of drug-likeness (QED) is 0.707. The summed E-state index contributed by atoms with van der Waals surface area (Å²) in [5.41, 5.74) is 2.33. The first-order valence-corrected chi connectivity index (χ1v) is 10.6. The molecular weight excluding hydrogens is 382 g/mol. The van der Waals surface area contributed by atoms with Gasteiger partial charge in [-0.25, -0.2) is 13.4 Å². The van der Waals surface area contributed by atoms with Gasteiger partial charge in [-0.2, -0.15) is 5.26 Å². The van der Waals surface area contributed by atoms with E-state index in [0.717, 1.165) is 5.56 Å². The molecule has 3 aromatic rings. The van der Waals surface area contributed by atoms with Gasteiger partial charge in [0.2, 0.25) is 0 Å². The summed E-state index contributed by atoms with van der Waals surface area (Å²) in [6.07, 6.45) is 0. The second-order valence-corrected chi connectivity index (χ2v) is 8.75. The highest BCUT2D eigenvalue weighted by Crippen LogP contribution is 2.25. The molecule has 0 aliphatic carbocycles. The maximum absolute atomic E-state index is 12.4. The van der Waals surface area contributed by atoms with Crippen LogP contribution >= 0.6 is 11.3 Å². The van der Waals surface area contributed by atoms with Gasteiger partial charge >= 0.3 is 0 Å². The Labute approximate surface area is 161 Å². The molecule has 0 fully saturated rings. The first kappa shape index (κ1) is 18.8. The van der Waals surface area contributed by atoms with Crippen LogP contribution in [0.4, 0.5) is 5.13 Å². The van der Waals surface area contributed by atoms with Gasteiger partial charge in [0, 0.05) is 16.5 Å². The molecule has 0 spiro atoms. The third kappa shape index (κ3) is 4.22. The van der Waals surface area contributed by atoms with E-state index in [0.29, 0.717) is 16.4 Å². The van der Waals surface area contributed by atoms with Crippen molar-refractivity contribution in [1.29, 1.82) is 5.26 Å². The van der Waals surface area contributed by atoms with Crippen LogP contribution in [0.15, 0.2) is 58.8 Å². The van der Waals surface area contributed by atoms with Crippen LogP contribution < -0.4 is 5.32 Å². The molecule has 0 aliphatic heterocycles. The fraction of sp³-hybridized carbons (Fsp3) is 0.105. The van der Waals surface area contributed by atoms with Gasteiger partial charge in [-0.1, -0.05) is 25.1 Å². The number of rotatable bonds is 5. The van der Waals surface area contributed by atoms with Crippen LogP contribution in [0.2, 0.25) is 0 Å². The molecule has 0 radical (unpaired) electrons. The number of sulfone groups is 1. The van der Waals surface area contributed by atoms with Crippen LogP contribution in [0, 0.1) is 11.3 Å². The fourth-order valence-electron chi connectivity index (χ4n) is 2.35. The van der Waals surface area contributed by atoms with Crippen molar-refractivity contribution in [2.75, 3.05) is 11.1 Å². The lowest BCUT2D eigenvalue weighted by Crippen LogP contribution is -2.13. The molecule has 1 aromatic heterocycles. The zero-order chi connectivity index (χ0) is 19.4. The fourth-order valence-corrected chi connectivity index (χ4v) is 3.99. The number of carbonyl (C=O) groups is 1. The number of amides is 1. The van der Waals surface area contributed by atoms with E-state index in [4.69, 9.17) is 5.26 Å². The first-order valence-electron chi connectivity index (χ1n) is 8.03. The van der Waals surface area contributed by atoms with Crippen molar-refractivity contribution in [3.05, 3.63) is 65.0 Å². The summed E-state index contributed by atoms with van der Waals surface area (Å²) in [7, 11) is -3.38. The Balaban J connectivity index is 1.78. The molecule has 0 saturated carbocycles. The summed E-state index contributed by atoms with van der Waals surface area (Å²) in [5, 5.41) is 13.7. The standard InChI is InChI=1S/C19H15N3O3S2/c1-2-27(24,25)16-5-3-4-15(10-16)18(23)22-19-21-17(12-26-19)14-8-6-13(11-20)7-9-14/h3-10,12H,2H2,1H3,(H,21,22,23). The Hall–Kier alpha value is -3.02. The Morgan fingerprint density at radius 1 is 1.22 bits per heavy atom. The summed E-state index contributed by atoms with van der Waals surface area (Å²) < 4.78 is 24.0. The SMILES string of the molecule is CCS(=O)(=O)c1cccc(C(=O)Nc2nc(-c3ccc(C#N)cc3)cs2)c1. The monoisotopic (exact) mass is 397 g/mol. The molecule has 0 aliphatic rings. The lowest BCUT2D eigenvalue weighted by Gasteiger charge is -2.05. The summed E-state index contributed by atoms with van der Waals surface area (Å²) in [4.78, 5) is 16.9. The molecule has 2 aromatic carbocycles. The average Bonchev–Trinajstić information content (AvgIpc) is 3.16. The van der Waals surface area contributed by atoms with Gasteiger partial charge in [-0.05, 0) is 30.3 Å². The molecule has 3 rings (SSSR count). The molecule has 0 bridgehead atoms. The van der Waals surface area contributed by atoms with Crippen LogP contribution in [-0.2, 0) is 9.84 Å². The predicted octanol–water partition coefficient (Wildman–Crippen LogP) is 3.73. The van der Waals surface area contributed by atoms with E-state index in [1.54, 1.807) is 48.7 Å². The Kier molecular flexibility index (Phi) is 5.35. The van der Waals surface area contributed by atoms with E-state index >= 15 is 0 Å². The molecular formula is C19H15N3O3S2. The molecule has 1 N–H and O–H groups in total. The maximum atomic E-state index is 12.4. The highest BCUT2D eigenvalue weighted by Gasteiger charge is 2.15. The van der Waals surface area contributed by atoms with Crippen LogP contribution in [0.1, 0.15) is 22.8 Å². The highest BCUT2D eigenvalue weighted by atomic mass is 32.2. The van der Waals surface area contributed by atoms with Crippen molar-refractivity contribution in [1.82, 2.24) is 4.98 Å². The number of carbonyl (C=O) groups excluding carboxylic acids is 1. The number of nitrogens with one attached hydrogen (secondary N) is 1. The van der Waals surface area contributed by atoms with Crippen molar-refractivity contribution in [3.8, 4) is 17.3 Å². The summed E-state index contributed by atoms with van der Waals surface area (Å²) >= 11 is 1.27. The Morgan fingerprint density at radius 3 is 2.63 bits per heavy atom. The summed E-state index contributed by atoms with van der Waals surface area (Å²) in [5.74, 6) is -0.456. The van der Waals surface area contributed by atoms with Gasteiger partial charge in [0.1, 0.15) is 0 Å². The van der Waals surface area contributed by atoms with E-state index in [1.807, 2.05) is 0 Å². The van der Waals surface area contributed by atoms with Gasteiger partial charge in [0.15, 0.2) is 15.0 Å². The van der Waals surface area contributed by atoms with Gasteiger partial charge in [0.05, 0.1) is 28.0 Å². The smallest absolute Gasteiger partial charge is 0.257 e. The molecule has 1 heterocycles. The van der Waals surface area contributed by atoms with Gasteiger partial charge in [-0.15, -0.1) is 11.3 Å². The third-order valence-electron chi connectivity index (χ3n) is 3.87. The number of hydrogen-bond donors (Lipinski definition) is 1. The maximum Gasteiger partial charge on any atom is 0.257 e. The molecule has 0 unspecified atom stereocenters. The Bertz CT molecular complexity index is 1130. The zero-order valence-electron chi connectivity index (χ0n) is 14.3. The van der Waals surface area contributed by atoms with Crippen LogP contribution in [-0.4, -0.2) is 25.1 Å². The van der Waals surface area contributed by atoms with Crippen molar-refractivity contribution >= 4 is 32.2 Å². The van der Waals surface area contributed by atoms with Crippen molar-refractivity contribution < 1.29 is 13.2 Å². The molecule has 27 heavy (non-hydrogen) atoms. The second-order valence-electron chi connectivity index (χ2n) is 5.61. The predicted molar refractivity (Wildman–Crippen MR) is 104 cm³/mol. The number of anilines is 1. The van der Waals surface area contributed by atoms with Crippen molar-refractivity contribution in [3.63, 3.8) is 0 Å². The van der Waals surface area contributed by atoms with Crippen LogP contribution in [0.3, 0.4) is 0 Å². The summed E-state index contributed by atoms with van der Waals surface area (Å²) in [6.45, 7) is 1.56. The number of nitriles is 1. The second kappa shape index (κ2) is 7.70. The van der Waals surface area contributed by atoms with Crippen LogP contribution in [0.25, 0.3) is 11.3 Å². The lowest BCUT2D eigenvalue weighted by molar-refractivity contribution is 0.102. The summed E-state index contributed by atoms with van der Waals surface area (Å²) in [6, 6.07) is 15.0. The molecule has 6 nitrogen and oxygen atoms in total. The van der Waals surface area contributed by atoms with E-state index in [-0.39, 0.29) is 16.2 Å². The van der Waals surface area contributed by atoms with Crippen LogP contribution in [0.5, 0.6) is 0 Å². The van der Waals surface area contributed by atoms with Gasteiger partial charge in [0.25, 0.3) is 5.91 Å². The minimum absolute atomic E-state index is 0.0293. The van der Waals surface area contributed by atoms with E-state index in [2.05, 4.69) is 16.4 Å². The number of nitrogens with zero attached hydrogens (tertiary/aromatic N) is 2. The van der Waals surface area contributed by atoms with Crippen molar-refractivity contribution in [2.24, 2.45) is 0 Å². The first-order chi connectivity index (χ1) is 12.9. The third-order valence-corrected chi connectivity index (χ3v) is 6.36. The molecule has 8 heteroatoms. The van der Waals surface area contributed by atoms with Gasteiger partial charge in [-0.3, -0.25) is 10.1 Å². The number of hydrogen-bond acceptors (Lipinski definition) is 6. The average molecular weight is 397 g/mol. The number of benzene rings is 2. The molecule has 136 valence electrons. The number of thiazole rings is 1. The largest absolute Gasteiger partial charge is 0.298 e. The molecule has 0 saturated heterocycles. The molecule has 0 atom stereocenters. The topological polar surface area (TPSA) is 99.9 Å². The zero-order valence-corrected chi connectivity index (χ0v) is 16.0. The highest BCUT2D eigenvalue weighted by molar-refractivity contribution is 7.91. The lowest BCUT2D eigenvalue weighted by atomic mass is 10.1. The van der Waals surface area contributed by atoms with E-state index in [1.165, 1.54) is 23.5 Å². The van der Waals surface area contributed by atoms with Crippen molar-refractivity contribution in [2.45, 2.75) is 11.8 Å². The van der Waals surface area contributed by atoms with Gasteiger partial charge < -0.3 is 0 Å². The number of aromatic nitrogens is 1.